The minimum Gasteiger partial charge on any atom is -0.307 e. The van der Waals surface area contributed by atoms with Gasteiger partial charge in [-0.15, -0.1) is 11.3 Å². The molecule has 178 valence electrons. The minimum absolute atomic E-state index is 1.25. The number of para-hydroxylation sites is 2. The highest BCUT2D eigenvalue weighted by molar-refractivity contribution is 14.1. The van der Waals surface area contributed by atoms with Crippen molar-refractivity contribution in [3.05, 3.63) is 115 Å². The fourth-order valence-electron chi connectivity index (χ4n) is 6.50. The number of hydrogen-bond acceptors (Lipinski definition) is 1. The van der Waals surface area contributed by atoms with Crippen LogP contribution in [0.3, 0.4) is 0 Å². The lowest BCUT2D eigenvalue weighted by Gasteiger charge is -2.12. The Morgan fingerprint density at radius 2 is 1.03 bits per heavy atom. The van der Waals surface area contributed by atoms with E-state index in [1.54, 1.807) is 0 Å². The van der Waals surface area contributed by atoms with Crippen molar-refractivity contribution in [1.82, 2.24) is 7.35 Å². The Labute approximate surface area is 235 Å². The quantitative estimate of drug-likeness (QED) is 0.163. The third kappa shape index (κ3) is 2.57. The van der Waals surface area contributed by atoms with Crippen molar-refractivity contribution in [3.63, 3.8) is 0 Å². The van der Waals surface area contributed by atoms with E-state index in [4.69, 9.17) is 0 Å². The largest absolute Gasteiger partial charge is 0.307 e. The SMILES string of the molecule is In1c2ccccc2c2c3c4ccccc4n(-c4cccc5c4sc4ccccc45)c3c3ccccc3c21. The molecule has 0 N–H and O–H groups in total. The lowest BCUT2D eigenvalue weighted by molar-refractivity contribution is 1.21. The van der Waals surface area contributed by atoms with Crippen LogP contribution in [0, 0.1) is 0 Å². The van der Waals surface area contributed by atoms with E-state index in [1.807, 2.05) is 11.3 Å². The second kappa shape index (κ2) is 7.59. The highest BCUT2D eigenvalue weighted by Crippen LogP contribution is 2.48. The highest BCUT2D eigenvalue weighted by Gasteiger charge is 2.24. The lowest BCUT2D eigenvalue weighted by atomic mass is 9.99. The second-order valence-electron chi connectivity index (χ2n) is 9.90. The maximum Gasteiger partial charge on any atom is 0.0676 e. The van der Waals surface area contributed by atoms with Crippen molar-refractivity contribution in [3.8, 4) is 5.69 Å². The Balaban J connectivity index is 1.62. The molecule has 4 heteroatoms. The van der Waals surface area contributed by atoms with Crippen molar-refractivity contribution >= 4 is 109 Å². The van der Waals surface area contributed by atoms with Gasteiger partial charge in [-0.1, -0.05) is 91.0 Å². The van der Waals surface area contributed by atoms with Crippen LogP contribution in [0.15, 0.2) is 115 Å². The molecule has 3 aromatic heterocycles. The molecule has 0 aliphatic heterocycles. The predicted octanol–water partition coefficient (Wildman–Crippen LogP) is 10.6. The van der Waals surface area contributed by atoms with Crippen molar-refractivity contribution < 1.29 is 0 Å². The number of benzene rings is 6. The van der Waals surface area contributed by atoms with Gasteiger partial charge in [-0.3, -0.25) is 2.78 Å². The normalized spacial score (nSPS) is 12.3. The van der Waals surface area contributed by atoms with Crippen LogP contribution < -0.4 is 0 Å². The van der Waals surface area contributed by atoms with Gasteiger partial charge in [0.15, 0.2) is 0 Å². The van der Waals surface area contributed by atoms with Gasteiger partial charge in [-0.2, -0.15) is 0 Å². The Kier molecular flexibility index (Phi) is 4.22. The van der Waals surface area contributed by atoms with Crippen LogP contribution in [0.5, 0.6) is 0 Å². The number of hydrogen-bond donors (Lipinski definition) is 0. The van der Waals surface area contributed by atoms with Gasteiger partial charge in [0.2, 0.25) is 0 Å². The zero-order valence-electron chi connectivity index (χ0n) is 20.2. The van der Waals surface area contributed by atoms with E-state index in [9.17, 15) is 0 Å². The topological polar surface area (TPSA) is 9.86 Å². The maximum atomic E-state index is 2.53. The standard InChI is InChI=1S/C34H19IN2S/c35-37-27-17-7-4-14-25(27)31-30-24-13-3-6-16-26(24)36(32(30)21-11-1-2-12-22(21)33(31)37)28-18-9-15-23-20-10-5-8-19-29(20)38-34(23)28/h1-19H. The summed E-state index contributed by atoms with van der Waals surface area (Å²) in [6, 6.07) is 42.2. The number of thiophene rings is 1. The summed E-state index contributed by atoms with van der Waals surface area (Å²) < 4.78 is 7.54. The molecule has 6 aromatic carbocycles. The van der Waals surface area contributed by atoms with Crippen molar-refractivity contribution in [1.29, 1.82) is 0 Å². The van der Waals surface area contributed by atoms with Crippen molar-refractivity contribution in [2.75, 3.05) is 0 Å². The van der Waals surface area contributed by atoms with Gasteiger partial charge >= 0.3 is 0 Å². The Bertz CT molecular complexity index is 2420. The van der Waals surface area contributed by atoms with Crippen LogP contribution in [-0.2, 0) is 0 Å². The average Bonchev–Trinajstić information content (AvgIpc) is 3.62. The van der Waals surface area contributed by atoms with Crippen LogP contribution in [0.25, 0.3) is 80.2 Å². The molecule has 0 aliphatic rings. The summed E-state index contributed by atoms with van der Waals surface area (Å²) in [5.74, 6) is 0. The average molecular weight is 615 g/mol. The van der Waals surface area contributed by atoms with Gasteiger partial charge in [-0.05, 0) is 24.3 Å². The summed E-state index contributed by atoms with van der Waals surface area (Å²) in [6.07, 6.45) is 0. The Morgan fingerprint density at radius 1 is 0.474 bits per heavy atom. The summed E-state index contributed by atoms with van der Waals surface area (Å²) in [4.78, 5) is 0. The Hall–Kier alpha value is -3.87. The van der Waals surface area contributed by atoms with E-state index in [0.29, 0.717) is 0 Å². The predicted molar refractivity (Wildman–Crippen MR) is 174 cm³/mol. The number of aromatic nitrogens is 2. The zero-order chi connectivity index (χ0) is 25.0. The van der Waals surface area contributed by atoms with Gasteiger partial charge in [-0.25, -0.2) is 0 Å². The first kappa shape index (κ1) is 21.1. The minimum atomic E-state index is 1.25. The smallest absolute Gasteiger partial charge is 0.0676 e. The molecule has 38 heavy (non-hydrogen) atoms. The van der Waals surface area contributed by atoms with E-state index < -0.39 is 0 Å². The molecule has 9 rings (SSSR count). The fourth-order valence-corrected chi connectivity index (χ4v) is 8.63. The summed E-state index contributed by atoms with van der Waals surface area (Å²) in [5, 5.41) is 10.5. The molecule has 0 amide bonds. The van der Waals surface area contributed by atoms with Gasteiger partial charge in [0.25, 0.3) is 0 Å². The zero-order valence-corrected chi connectivity index (χ0v) is 23.1. The first-order chi connectivity index (χ1) is 18.8. The fraction of sp³-hybridized carbons (Fsp3) is 0. The Morgan fingerprint density at radius 3 is 1.82 bits per heavy atom. The van der Waals surface area contributed by atoms with Gasteiger partial charge in [0.1, 0.15) is 0 Å². The molecule has 0 atom stereocenters. The van der Waals surface area contributed by atoms with E-state index >= 15 is 0 Å². The molecule has 0 radical (unpaired) electrons. The molecule has 9 aromatic rings. The number of fused-ring (bicyclic) bond motifs is 13. The van der Waals surface area contributed by atoms with Crippen LogP contribution in [-0.4, -0.2) is 7.35 Å². The third-order valence-corrected chi connectivity index (χ3v) is 10.2. The van der Waals surface area contributed by atoms with Gasteiger partial charge in [0, 0.05) is 47.8 Å². The van der Waals surface area contributed by atoms with E-state index in [0.717, 1.165) is 0 Å². The van der Waals surface area contributed by atoms with Crippen molar-refractivity contribution in [2.24, 2.45) is 0 Å². The number of rotatable bonds is 1. The molecule has 0 saturated heterocycles. The summed E-state index contributed by atoms with van der Waals surface area (Å²) in [7, 11) is 0. The molecule has 3 heterocycles. The third-order valence-electron chi connectivity index (χ3n) is 8.00. The van der Waals surface area contributed by atoms with E-state index in [1.165, 1.54) is 80.2 Å². The van der Waals surface area contributed by atoms with Gasteiger partial charge in [0.05, 0.1) is 55.3 Å². The van der Waals surface area contributed by atoms with E-state index in [-0.39, 0.29) is 0 Å². The monoisotopic (exact) mass is 614 g/mol. The molecule has 0 unspecified atom stereocenters. The number of nitrogens with zero attached hydrogens (tertiary/aromatic N) is 2. The van der Waals surface area contributed by atoms with Crippen LogP contribution in [0.1, 0.15) is 0 Å². The summed E-state index contributed by atoms with van der Waals surface area (Å²) in [6.45, 7) is 0. The molecular formula is C34H19IN2S. The van der Waals surface area contributed by atoms with Crippen LogP contribution in [0.4, 0.5) is 0 Å². The maximum absolute atomic E-state index is 2.53. The second-order valence-corrected chi connectivity index (χ2v) is 11.9. The molecule has 0 fully saturated rings. The molecular weight excluding hydrogens is 595 g/mol. The first-order valence-corrected chi connectivity index (χ1v) is 14.5. The first-order valence-electron chi connectivity index (χ1n) is 12.7. The molecule has 0 spiro atoms. The summed E-state index contributed by atoms with van der Waals surface area (Å²) in [5.41, 5.74) is 6.32. The molecule has 0 aliphatic carbocycles. The summed E-state index contributed by atoms with van der Waals surface area (Å²) >= 11 is 4.38. The van der Waals surface area contributed by atoms with Crippen molar-refractivity contribution in [2.45, 2.75) is 0 Å². The van der Waals surface area contributed by atoms with Gasteiger partial charge < -0.3 is 4.57 Å². The van der Waals surface area contributed by atoms with E-state index in [2.05, 4.69) is 145 Å². The van der Waals surface area contributed by atoms with Crippen LogP contribution in [0.2, 0.25) is 0 Å². The number of halogens is 1. The highest BCUT2D eigenvalue weighted by atomic mass is 127. The molecule has 0 bridgehead atoms. The molecule has 2 nitrogen and oxygen atoms in total. The lowest BCUT2D eigenvalue weighted by Crippen LogP contribution is -1.95. The van der Waals surface area contributed by atoms with Crippen LogP contribution >= 0.6 is 34.2 Å². The molecule has 0 saturated carbocycles.